The summed E-state index contributed by atoms with van der Waals surface area (Å²) in [6.45, 7) is 2.03. The van der Waals surface area contributed by atoms with Crippen LogP contribution in [0.25, 0.3) is 6.08 Å². The highest BCUT2D eigenvalue weighted by Gasteiger charge is 2.21. The molecule has 0 radical (unpaired) electrons. The topological polar surface area (TPSA) is 34.1 Å². The summed E-state index contributed by atoms with van der Waals surface area (Å²) in [4.78, 5) is 22.6. The number of fused-ring (bicyclic) bond motifs is 1. The molecule has 0 bridgehead atoms. The van der Waals surface area contributed by atoms with E-state index < -0.39 is 11.6 Å². The summed E-state index contributed by atoms with van der Waals surface area (Å²) in [5.74, 6) is -0.816. The third kappa shape index (κ3) is 1.20. The molecule has 0 amide bonds. The van der Waals surface area contributed by atoms with Crippen LogP contribution in [-0.2, 0) is 11.2 Å². The standard InChI is InChI=1S/C12H10O2/c1-2-8-4-3-5-10-9(8)6-7-11(13)12(10)14/h3-7H,2H2,1H3. The number of rotatable bonds is 1. The number of aryl methyl sites for hydroxylation is 1. The zero-order valence-corrected chi connectivity index (χ0v) is 7.91. The molecule has 0 atom stereocenters. The van der Waals surface area contributed by atoms with E-state index in [4.69, 9.17) is 0 Å². The predicted molar refractivity (Wildman–Crippen MR) is 54.2 cm³/mol. The van der Waals surface area contributed by atoms with E-state index in [9.17, 15) is 9.59 Å². The van der Waals surface area contributed by atoms with E-state index in [0.29, 0.717) is 5.56 Å². The molecule has 2 heteroatoms. The summed E-state index contributed by atoms with van der Waals surface area (Å²) in [5, 5.41) is 0. The number of carbonyl (C=O) groups is 2. The van der Waals surface area contributed by atoms with Crippen LogP contribution in [0.4, 0.5) is 0 Å². The minimum Gasteiger partial charge on any atom is -0.286 e. The molecule has 1 aliphatic rings. The van der Waals surface area contributed by atoms with E-state index >= 15 is 0 Å². The molecular weight excluding hydrogens is 176 g/mol. The summed E-state index contributed by atoms with van der Waals surface area (Å²) in [5.41, 5.74) is 2.55. The number of hydrogen-bond donors (Lipinski definition) is 0. The quantitative estimate of drug-likeness (QED) is 0.629. The van der Waals surface area contributed by atoms with Gasteiger partial charge in [-0.25, -0.2) is 0 Å². The maximum Gasteiger partial charge on any atom is 0.233 e. The van der Waals surface area contributed by atoms with E-state index in [0.717, 1.165) is 17.5 Å². The molecule has 14 heavy (non-hydrogen) atoms. The van der Waals surface area contributed by atoms with Gasteiger partial charge in [-0.1, -0.05) is 25.1 Å². The second kappa shape index (κ2) is 3.22. The monoisotopic (exact) mass is 186 g/mol. The van der Waals surface area contributed by atoms with Crippen LogP contribution in [0.15, 0.2) is 24.3 Å². The average Bonchev–Trinajstić information content (AvgIpc) is 2.23. The van der Waals surface area contributed by atoms with Gasteiger partial charge in [0, 0.05) is 5.56 Å². The fourth-order valence-electron chi connectivity index (χ4n) is 1.68. The highest BCUT2D eigenvalue weighted by atomic mass is 16.2. The first-order valence-electron chi connectivity index (χ1n) is 4.62. The lowest BCUT2D eigenvalue weighted by atomic mass is 9.91. The van der Waals surface area contributed by atoms with Gasteiger partial charge in [0.2, 0.25) is 11.6 Å². The van der Waals surface area contributed by atoms with Gasteiger partial charge in [0.25, 0.3) is 0 Å². The highest BCUT2D eigenvalue weighted by Crippen LogP contribution is 2.21. The molecule has 0 aliphatic heterocycles. The number of hydrogen-bond acceptors (Lipinski definition) is 2. The van der Waals surface area contributed by atoms with Crippen molar-refractivity contribution in [2.45, 2.75) is 13.3 Å². The molecule has 70 valence electrons. The molecule has 0 unspecified atom stereocenters. The minimum absolute atomic E-state index is 0.391. The lowest BCUT2D eigenvalue weighted by Gasteiger charge is -2.11. The van der Waals surface area contributed by atoms with E-state index in [1.54, 1.807) is 12.1 Å². The smallest absolute Gasteiger partial charge is 0.233 e. The molecular formula is C12H10O2. The number of allylic oxidation sites excluding steroid dienone is 1. The van der Waals surface area contributed by atoms with Crippen LogP contribution in [0.1, 0.15) is 28.4 Å². The van der Waals surface area contributed by atoms with Crippen LogP contribution in [0.5, 0.6) is 0 Å². The normalized spacial score (nSPS) is 14.4. The molecule has 0 aromatic heterocycles. The Bertz CT molecular complexity index is 442. The van der Waals surface area contributed by atoms with Crippen LogP contribution in [0.3, 0.4) is 0 Å². The minimum atomic E-state index is -0.425. The van der Waals surface area contributed by atoms with Gasteiger partial charge >= 0.3 is 0 Å². The Kier molecular flexibility index (Phi) is 2.04. The van der Waals surface area contributed by atoms with Gasteiger partial charge < -0.3 is 0 Å². The lowest BCUT2D eigenvalue weighted by molar-refractivity contribution is -0.110. The van der Waals surface area contributed by atoms with E-state index in [1.165, 1.54) is 6.08 Å². The van der Waals surface area contributed by atoms with Crippen molar-refractivity contribution in [1.29, 1.82) is 0 Å². The summed E-state index contributed by atoms with van der Waals surface area (Å²) in [6.07, 6.45) is 3.96. The lowest BCUT2D eigenvalue weighted by Crippen LogP contribution is -2.16. The van der Waals surface area contributed by atoms with Crippen molar-refractivity contribution in [3.05, 3.63) is 41.0 Å². The van der Waals surface area contributed by atoms with Gasteiger partial charge in [-0.05, 0) is 29.7 Å². The van der Waals surface area contributed by atoms with Gasteiger partial charge in [0.1, 0.15) is 0 Å². The van der Waals surface area contributed by atoms with Crippen LogP contribution in [0, 0.1) is 0 Å². The SMILES string of the molecule is CCc1cccc2c1C=CC(=O)C2=O. The Labute approximate surface area is 82.2 Å². The van der Waals surface area contributed by atoms with Gasteiger partial charge in [-0.2, -0.15) is 0 Å². The molecule has 0 N–H and O–H groups in total. The first kappa shape index (κ1) is 8.88. The Morgan fingerprint density at radius 3 is 2.64 bits per heavy atom. The Morgan fingerprint density at radius 1 is 1.14 bits per heavy atom. The molecule has 1 aliphatic carbocycles. The Balaban J connectivity index is 2.67. The van der Waals surface area contributed by atoms with Crippen molar-refractivity contribution >= 4 is 17.6 Å². The van der Waals surface area contributed by atoms with Gasteiger partial charge in [0.15, 0.2) is 0 Å². The summed E-state index contributed by atoms with van der Waals surface area (Å²) >= 11 is 0. The fourth-order valence-corrected chi connectivity index (χ4v) is 1.68. The molecule has 2 nitrogen and oxygen atoms in total. The molecule has 0 fully saturated rings. The maximum atomic E-state index is 11.5. The van der Waals surface area contributed by atoms with Crippen molar-refractivity contribution < 1.29 is 9.59 Å². The van der Waals surface area contributed by atoms with Gasteiger partial charge in [0.05, 0.1) is 0 Å². The van der Waals surface area contributed by atoms with Crippen molar-refractivity contribution in [2.24, 2.45) is 0 Å². The predicted octanol–water partition coefficient (Wildman–Crippen LogP) is 2.03. The van der Waals surface area contributed by atoms with Crippen LogP contribution >= 0.6 is 0 Å². The van der Waals surface area contributed by atoms with Gasteiger partial charge in [-0.15, -0.1) is 0 Å². The number of benzene rings is 1. The second-order valence-electron chi connectivity index (χ2n) is 3.26. The third-order valence-electron chi connectivity index (χ3n) is 2.45. The largest absolute Gasteiger partial charge is 0.286 e. The number of ketones is 2. The summed E-state index contributed by atoms with van der Waals surface area (Å²) in [7, 11) is 0. The Morgan fingerprint density at radius 2 is 1.93 bits per heavy atom. The van der Waals surface area contributed by atoms with Crippen LogP contribution in [-0.4, -0.2) is 11.6 Å². The molecule has 2 rings (SSSR count). The van der Waals surface area contributed by atoms with Crippen molar-refractivity contribution in [3.63, 3.8) is 0 Å². The van der Waals surface area contributed by atoms with Crippen molar-refractivity contribution in [3.8, 4) is 0 Å². The zero-order chi connectivity index (χ0) is 10.1. The molecule has 1 aromatic carbocycles. The summed E-state index contributed by atoms with van der Waals surface area (Å²) < 4.78 is 0. The van der Waals surface area contributed by atoms with Crippen molar-refractivity contribution in [1.82, 2.24) is 0 Å². The van der Waals surface area contributed by atoms with E-state index in [1.807, 2.05) is 19.1 Å². The fraction of sp³-hybridized carbons (Fsp3) is 0.167. The number of Topliss-reactive ketones (excluding diaryl/α,β-unsaturated/α-hetero) is 1. The zero-order valence-electron chi connectivity index (χ0n) is 7.91. The second-order valence-corrected chi connectivity index (χ2v) is 3.26. The Hall–Kier alpha value is -1.70. The molecule has 1 aromatic rings. The molecule has 0 saturated carbocycles. The molecule has 0 spiro atoms. The summed E-state index contributed by atoms with van der Waals surface area (Å²) in [6, 6.07) is 5.51. The third-order valence-corrected chi connectivity index (χ3v) is 2.45. The first-order chi connectivity index (χ1) is 6.74. The average molecular weight is 186 g/mol. The number of carbonyl (C=O) groups excluding carboxylic acids is 2. The highest BCUT2D eigenvalue weighted by molar-refractivity contribution is 6.50. The van der Waals surface area contributed by atoms with Gasteiger partial charge in [-0.3, -0.25) is 9.59 Å². The van der Waals surface area contributed by atoms with Crippen molar-refractivity contribution in [2.75, 3.05) is 0 Å². The van der Waals surface area contributed by atoms with E-state index in [-0.39, 0.29) is 0 Å². The van der Waals surface area contributed by atoms with Crippen LogP contribution in [0.2, 0.25) is 0 Å². The van der Waals surface area contributed by atoms with E-state index in [2.05, 4.69) is 0 Å². The van der Waals surface area contributed by atoms with Crippen LogP contribution < -0.4 is 0 Å². The maximum absolute atomic E-state index is 11.5. The molecule has 0 heterocycles. The molecule has 0 saturated heterocycles. The first-order valence-corrected chi connectivity index (χ1v) is 4.62.